The Kier molecular flexibility index (Phi) is 11.0. The van der Waals surface area contributed by atoms with Gasteiger partial charge in [0.25, 0.3) is 11.8 Å². The third-order valence-corrected chi connectivity index (χ3v) is 7.57. The quantitative estimate of drug-likeness (QED) is 0.240. The molecule has 46 heavy (non-hydrogen) atoms. The molecular formula is C33H33F6N3O4. The third kappa shape index (κ3) is 8.81. The smallest absolute Gasteiger partial charge is 0.416 e. The zero-order valence-electron chi connectivity index (χ0n) is 25.2. The van der Waals surface area contributed by atoms with Gasteiger partial charge in [0.15, 0.2) is 0 Å². The molecule has 7 nitrogen and oxygen atoms in total. The van der Waals surface area contributed by atoms with E-state index in [-0.39, 0.29) is 31.6 Å². The molecule has 1 heterocycles. The Bertz CT molecular complexity index is 1500. The van der Waals surface area contributed by atoms with Crippen molar-refractivity contribution in [2.45, 2.75) is 12.4 Å². The number of nitrogens with zero attached hydrogens (tertiary/aromatic N) is 3. The molecule has 0 aromatic heterocycles. The lowest BCUT2D eigenvalue weighted by atomic mass is 10.0. The Morgan fingerprint density at radius 3 is 1.98 bits per heavy atom. The van der Waals surface area contributed by atoms with Crippen molar-refractivity contribution in [2.75, 3.05) is 60.0 Å². The van der Waals surface area contributed by atoms with Crippen molar-refractivity contribution in [3.8, 4) is 11.5 Å². The first kappa shape index (κ1) is 34.4. The first-order valence-corrected chi connectivity index (χ1v) is 14.3. The number of para-hydroxylation sites is 1. The highest BCUT2D eigenvalue weighted by Gasteiger charge is 2.38. The van der Waals surface area contributed by atoms with Gasteiger partial charge >= 0.3 is 12.4 Å². The molecule has 3 aromatic carbocycles. The average Bonchev–Trinajstić information content (AvgIpc) is 3.05. The highest BCUT2D eigenvalue weighted by molar-refractivity contribution is 5.95. The van der Waals surface area contributed by atoms with E-state index >= 15 is 0 Å². The fraction of sp³-hybridized carbons (Fsp3) is 0.333. The first-order valence-electron chi connectivity index (χ1n) is 14.3. The Balaban J connectivity index is 1.42. The second-order valence-corrected chi connectivity index (χ2v) is 10.6. The SMILES string of the molecule is COc1ccc(C(=O)N(CC=Cc2ccccc2OC)CCN2CCN(C(=O)c3cc(C(F)(F)F)cc(C(F)(F)F)c3)CC2)cc1. The normalized spacial score (nSPS) is 14.4. The Hall–Kier alpha value is -4.52. The fourth-order valence-electron chi connectivity index (χ4n) is 5.00. The summed E-state index contributed by atoms with van der Waals surface area (Å²) in [6.07, 6.45) is -6.39. The van der Waals surface area contributed by atoms with Gasteiger partial charge in [0.05, 0.1) is 25.3 Å². The number of benzene rings is 3. The summed E-state index contributed by atoms with van der Waals surface area (Å²) < 4.78 is 90.4. The number of halogens is 6. The molecule has 0 spiro atoms. The summed E-state index contributed by atoms with van der Waals surface area (Å²) in [5.41, 5.74) is -2.45. The summed E-state index contributed by atoms with van der Waals surface area (Å²) in [7, 11) is 3.09. The third-order valence-electron chi connectivity index (χ3n) is 7.57. The van der Waals surface area contributed by atoms with Crippen LogP contribution in [0.3, 0.4) is 0 Å². The summed E-state index contributed by atoms with van der Waals surface area (Å²) in [5.74, 6) is 0.158. The topological polar surface area (TPSA) is 62.3 Å². The van der Waals surface area contributed by atoms with Gasteiger partial charge in [-0.3, -0.25) is 14.5 Å². The Morgan fingerprint density at radius 1 is 0.804 bits per heavy atom. The molecule has 1 aliphatic heterocycles. The number of hydrogen-bond acceptors (Lipinski definition) is 5. The molecule has 4 rings (SSSR count). The largest absolute Gasteiger partial charge is 0.497 e. The van der Waals surface area contributed by atoms with Gasteiger partial charge in [0, 0.05) is 62.5 Å². The van der Waals surface area contributed by atoms with Crippen molar-refractivity contribution in [3.63, 3.8) is 0 Å². The van der Waals surface area contributed by atoms with Crippen molar-refractivity contribution < 1.29 is 45.4 Å². The minimum atomic E-state index is -5.05. The van der Waals surface area contributed by atoms with Crippen molar-refractivity contribution in [1.29, 1.82) is 0 Å². The van der Waals surface area contributed by atoms with Gasteiger partial charge in [-0.25, -0.2) is 0 Å². The zero-order valence-corrected chi connectivity index (χ0v) is 25.2. The van der Waals surface area contributed by atoms with Crippen LogP contribution in [0.15, 0.2) is 72.8 Å². The van der Waals surface area contributed by atoms with Crippen LogP contribution in [-0.4, -0.2) is 86.5 Å². The van der Waals surface area contributed by atoms with Crippen molar-refractivity contribution >= 4 is 17.9 Å². The standard InChI is InChI=1S/C33H33F6N3O4/c1-45-28-11-9-24(10-12-28)30(43)41(13-5-7-23-6-3-4-8-29(23)46-2)17-14-40-15-18-42(19-16-40)31(44)25-20-26(32(34,35)36)22-27(21-25)33(37,38)39/h3-12,20-22H,13-19H2,1-2H3. The number of alkyl halides is 6. The van der Waals surface area contributed by atoms with Gasteiger partial charge in [-0.1, -0.05) is 30.4 Å². The van der Waals surface area contributed by atoms with Crippen LogP contribution in [0, 0.1) is 0 Å². The molecule has 0 radical (unpaired) electrons. The van der Waals surface area contributed by atoms with Crippen LogP contribution in [0.5, 0.6) is 11.5 Å². The Morgan fingerprint density at radius 2 is 1.41 bits per heavy atom. The lowest BCUT2D eigenvalue weighted by molar-refractivity contribution is -0.143. The van der Waals surface area contributed by atoms with Crippen molar-refractivity contribution in [3.05, 3.63) is 101 Å². The molecule has 0 unspecified atom stereocenters. The summed E-state index contributed by atoms with van der Waals surface area (Å²) in [6.45, 7) is 1.84. The molecule has 0 atom stereocenters. The van der Waals surface area contributed by atoms with E-state index in [2.05, 4.69) is 0 Å². The van der Waals surface area contributed by atoms with Crippen LogP contribution in [-0.2, 0) is 12.4 Å². The predicted molar refractivity (Wildman–Crippen MR) is 160 cm³/mol. The van der Waals surface area contributed by atoms with Crippen molar-refractivity contribution in [2.24, 2.45) is 0 Å². The highest BCUT2D eigenvalue weighted by atomic mass is 19.4. The highest BCUT2D eigenvalue weighted by Crippen LogP contribution is 2.36. The fourth-order valence-corrected chi connectivity index (χ4v) is 5.00. The van der Waals surface area contributed by atoms with E-state index in [4.69, 9.17) is 9.47 Å². The predicted octanol–water partition coefficient (Wildman–Crippen LogP) is 6.36. The monoisotopic (exact) mass is 649 g/mol. The van der Waals surface area contributed by atoms with Gasteiger partial charge < -0.3 is 19.3 Å². The molecule has 13 heteroatoms. The molecular weight excluding hydrogens is 616 g/mol. The maximum atomic E-state index is 13.5. The zero-order chi connectivity index (χ0) is 33.5. The molecule has 0 bridgehead atoms. The van der Waals surface area contributed by atoms with E-state index in [1.165, 1.54) is 12.0 Å². The van der Waals surface area contributed by atoms with Crippen molar-refractivity contribution in [1.82, 2.24) is 14.7 Å². The number of piperazine rings is 1. The van der Waals surface area contributed by atoms with Crippen LogP contribution >= 0.6 is 0 Å². The van der Waals surface area contributed by atoms with Gasteiger partial charge in [-0.05, 0) is 48.5 Å². The van der Waals surface area contributed by atoms with Crippen LogP contribution in [0.2, 0.25) is 0 Å². The minimum Gasteiger partial charge on any atom is -0.497 e. The second-order valence-electron chi connectivity index (χ2n) is 10.6. The van der Waals surface area contributed by atoms with Gasteiger partial charge in [0.1, 0.15) is 11.5 Å². The molecule has 0 N–H and O–H groups in total. The number of carbonyl (C=O) groups is 2. The molecule has 3 aromatic rings. The lowest BCUT2D eigenvalue weighted by Crippen LogP contribution is -2.50. The number of methoxy groups -OCH3 is 2. The number of carbonyl (C=O) groups excluding carboxylic acids is 2. The first-order chi connectivity index (χ1) is 21.8. The van der Waals surface area contributed by atoms with E-state index in [9.17, 15) is 35.9 Å². The molecule has 0 saturated carbocycles. The summed E-state index contributed by atoms with van der Waals surface area (Å²) in [4.78, 5) is 31.3. The van der Waals surface area contributed by atoms with E-state index in [0.717, 1.165) is 5.56 Å². The molecule has 246 valence electrons. The molecule has 1 saturated heterocycles. The molecule has 0 aliphatic carbocycles. The summed E-state index contributed by atoms with van der Waals surface area (Å²) in [5, 5.41) is 0. The second kappa shape index (κ2) is 14.7. The Labute approximate surface area is 262 Å². The van der Waals surface area contributed by atoms with Crippen LogP contribution in [0.1, 0.15) is 37.4 Å². The van der Waals surface area contributed by atoms with E-state index in [0.29, 0.717) is 55.4 Å². The van der Waals surface area contributed by atoms with E-state index in [1.54, 1.807) is 36.3 Å². The van der Waals surface area contributed by atoms with E-state index in [1.807, 2.05) is 41.3 Å². The van der Waals surface area contributed by atoms with Gasteiger partial charge in [0.2, 0.25) is 0 Å². The van der Waals surface area contributed by atoms with E-state index < -0.39 is 35.0 Å². The van der Waals surface area contributed by atoms with Gasteiger partial charge in [-0.2, -0.15) is 26.3 Å². The molecule has 2 amide bonds. The summed E-state index contributed by atoms with van der Waals surface area (Å²) >= 11 is 0. The maximum absolute atomic E-state index is 13.5. The lowest BCUT2D eigenvalue weighted by Gasteiger charge is -2.36. The van der Waals surface area contributed by atoms with Gasteiger partial charge in [-0.15, -0.1) is 0 Å². The minimum absolute atomic E-state index is 0.000752. The molecule has 1 fully saturated rings. The number of amides is 2. The van der Waals surface area contributed by atoms with Crippen LogP contribution in [0.25, 0.3) is 6.08 Å². The number of rotatable bonds is 10. The van der Waals surface area contributed by atoms with Crippen LogP contribution < -0.4 is 9.47 Å². The van der Waals surface area contributed by atoms with Crippen LogP contribution in [0.4, 0.5) is 26.3 Å². The number of ether oxygens (including phenoxy) is 2. The molecule has 1 aliphatic rings. The maximum Gasteiger partial charge on any atom is 0.416 e. The number of hydrogen-bond donors (Lipinski definition) is 0. The summed E-state index contributed by atoms with van der Waals surface area (Å²) in [6, 6.07) is 15.0. The average molecular weight is 650 g/mol.